The van der Waals surface area contributed by atoms with Crippen molar-refractivity contribution in [3.8, 4) is 0 Å². The second-order valence-electron chi connectivity index (χ2n) is 3.62. The molecule has 0 rings (SSSR count). The number of hydrogen-bond donors (Lipinski definition) is 2. The highest BCUT2D eigenvalue weighted by molar-refractivity contribution is 8.00. The van der Waals surface area contributed by atoms with E-state index in [0.717, 1.165) is 0 Å². The Balaban J connectivity index is 3.75. The molecule has 0 saturated carbocycles. The number of thioether (sulfide) groups is 1. The van der Waals surface area contributed by atoms with Crippen molar-refractivity contribution in [2.75, 3.05) is 19.4 Å². The minimum atomic E-state index is -0.933. The number of amides is 1. The Labute approximate surface area is 99.9 Å². The lowest BCUT2D eigenvalue weighted by Gasteiger charge is -2.14. The Kier molecular flexibility index (Phi) is 8.01. The summed E-state index contributed by atoms with van der Waals surface area (Å²) < 4.78 is 4.93. The third-order valence-corrected chi connectivity index (χ3v) is 2.91. The second kappa shape index (κ2) is 8.41. The summed E-state index contributed by atoms with van der Waals surface area (Å²) in [6.45, 7) is 4.26. The van der Waals surface area contributed by atoms with Crippen molar-refractivity contribution in [2.45, 2.75) is 31.6 Å². The molecule has 0 heterocycles. The van der Waals surface area contributed by atoms with E-state index in [2.05, 4.69) is 5.32 Å². The van der Waals surface area contributed by atoms with Crippen LogP contribution in [0.3, 0.4) is 0 Å². The summed E-state index contributed by atoms with van der Waals surface area (Å²) in [5.74, 6) is -0.634. The summed E-state index contributed by atoms with van der Waals surface area (Å²) in [6.07, 6.45) is -0.570. The molecular formula is C10H19NO4S. The first-order valence-electron chi connectivity index (χ1n) is 5.08. The van der Waals surface area contributed by atoms with Gasteiger partial charge in [0.25, 0.3) is 0 Å². The first-order valence-corrected chi connectivity index (χ1v) is 6.13. The highest BCUT2D eigenvalue weighted by atomic mass is 32.2. The van der Waals surface area contributed by atoms with E-state index in [1.165, 1.54) is 7.11 Å². The van der Waals surface area contributed by atoms with Crippen molar-refractivity contribution in [3.05, 3.63) is 0 Å². The molecule has 0 radical (unpaired) electrons. The van der Waals surface area contributed by atoms with Gasteiger partial charge in [-0.1, -0.05) is 13.8 Å². The van der Waals surface area contributed by atoms with E-state index >= 15 is 0 Å². The topological polar surface area (TPSA) is 75.6 Å². The third kappa shape index (κ3) is 8.55. The number of ether oxygens (including phenoxy) is 1. The van der Waals surface area contributed by atoms with E-state index in [1.807, 2.05) is 13.8 Å². The summed E-state index contributed by atoms with van der Waals surface area (Å²) in [5.41, 5.74) is 0. The highest BCUT2D eigenvalue weighted by Gasteiger charge is 2.13. The van der Waals surface area contributed by atoms with Crippen molar-refractivity contribution in [2.24, 2.45) is 0 Å². The summed E-state index contributed by atoms with van der Waals surface area (Å²) in [7, 11) is 1.43. The maximum atomic E-state index is 11.3. The van der Waals surface area contributed by atoms with Gasteiger partial charge in [0.2, 0.25) is 5.91 Å². The van der Waals surface area contributed by atoms with E-state index < -0.39 is 12.1 Å². The smallest absolute Gasteiger partial charge is 0.306 e. The van der Waals surface area contributed by atoms with Crippen molar-refractivity contribution < 1.29 is 19.4 Å². The quantitative estimate of drug-likeness (QED) is 0.663. The standard InChI is InChI=1S/C10H19NO4S/c1-7(2)16-6-9(12)11-5-8(15-3)4-10(13)14/h7-8H,4-6H2,1-3H3,(H,11,12)(H,13,14). The number of hydrogen-bond acceptors (Lipinski definition) is 4. The number of carboxylic acids is 1. The molecule has 0 aromatic heterocycles. The molecule has 2 N–H and O–H groups in total. The van der Waals surface area contributed by atoms with Gasteiger partial charge in [-0.05, 0) is 5.25 Å². The molecular weight excluding hydrogens is 230 g/mol. The average Bonchev–Trinajstić information content (AvgIpc) is 2.20. The van der Waals surface area contributed by atoms with Crippen LogP contribution in [0.2, 0.25) is 0 Å². The molecule has 1 amide bonds. The molecule has 0 bridgehead atoms. The van der Waals surface area contributed by atoms with Gasteiger partial charge in [0.1, 0.15) is 0 Å². The highest BCUT2D eigenvalue weighted by Crippen LogP contribution is 2.07. The van der Waals surface area contributed by atoms with E-state index in [-0.39, 0.29) is 18.9 Å². The monoisotopic (exact) mass is 249 g/mol. The van der Waals surface area contributed by atoms with Crippen LogP contribution in [0, 0.1) is 0 Å². The van der Waals surface area contributed by atoms with Crippen LogP contribution in [0.1, 0.15) is 20.3 Å². The molecule has 5 nitrogen and oxygen atoms in total. The Morgan fingerprint density at radius 1 is 1.44 bits per heavy atom. The van der Waals surface area contributed by atoms with Gasteiger partial charge in [0, 0.05) is 13.7 Å². The number of aliphatic carboxylic acids is 1. The van der Waals surface area contributed by atoms with Crippen LogP contribution in [0.15, 0.2) is 0 Å². The van der Waals surface area contributed by atoms with Crippen LogP contribution in [0.4, 0.5) is 0 Å². The van der Waals surface area contributed by atoms with Gasteiger partial charge >= 0.3 is 5.97 Å². The van der Waals surface area contributed by atoms with Gasteiger partial charge in [-0.25, -0.2) is 0 Å². The predicted octanol–water partition coefficient (Wildman–Crippen LogP) is 0.734. The molecule has 0 aliphatic rings. The van der Waals surface area contributed by atoms with Crippen molar-refractivity contribution >= 4 is 23.6 Å². The number of rotatable bonds is 8. The van der Waals surface area contributed by atoms with Gasteiger partial charge in [0.05, 0.1) is 18.3 Å². The minimum absolute atomic E-state index is 0.0915. The molecule has 1 unspecified atom stereocenters. The average molecular weight is 249 g/mol. The second-order valence-corrected chi connectivity index (χ2v) is 5.18. The number of carboxylic acid groups (broad SMARTS) is 1. The predicted molar refractivity (Wildman–Crippen MR) is 63.7 cm³/mol. The van der Waals surface area contributed by atoms with E-state index in [9.17, 15) is 9.59 Å². The van der Waals surface area contributed by atoms with Crippen molar-refractivity contribution in [1.82, 2.24) is 5.32 Å². The van der Waals surface area contributed by atoms with Crippen molar-refractivity contribution in [1.29, 1.82) is 0 Å². The van der Waals surface area contributed by atoms with E-state index in [4.69, 9.17) is 9.84 Å². The van der Waals surface area contributed by atoms with E-state index in [1.54, 1.807) is 11.8 Å². The van der Waals surface area contributed by atoms with Crippen LogP contribution in [-0.4, -0.2) is 47.7 Å². The van der Waals surface area contributed by atoms with Gasteiger partial charge in [-0.2, -0.15) is 0 Å². The molecule has 0 spiro atoms. The molecule has 0 aliphatic carbocycles. The Morgan fingerprint density at radius 2 is 2.06 bits per heavy atom. The Hall–Kier alpha value is -0.750. The van der Waals surface area contributed by atoms with Gasteiger partial charge in [-0.15, -0.1) is 11.8 Å². The minimum Gasteiger partial charge on any atom is -0.481 e. The molecule has 0 aromatic carbocycles. The summed E-state index contributed by atoms with van der Waals surface area (Å²) >= 11 is 1.54. The molecule has 0 aromatic rings. The molecule has 1 atom stereocenters. The molecule has 0 fully saturated rings. The lowest BCUT2D eigenvalue weighted by molar-refractivity contribution is -0.140. The molecule has 16 heavy (non-hydrogen) atoms. The summed E-state index contributed by atoms with van der Waals surface area (Å²) in [6, 6.07) is 0. The normalized spacial score (nSPS) is 12.5. The zero-order valence-electron chi connectivity index (χ0n) is 9.86. The third-order valence-electron chi connectivity index (χ3n) is 1.81. The van der Waals surface area contributed by atoms with Crippen LogP contribution in [0.5, 0.6) is 0 Å². The van der Waals surface area contributed by atoms with Gasteiger partial charge in [0.15, 0.2) is 0 Å². The fourth-order valence-electron chi connectivity index (χ4n) is 0.955. The van der Waals surface area contributed by atoms with Crippen LogP contribution < -0.4 is 5.32 Å². The van der Waals surface area contributed by atoms with Crippen LogP contribution in [0.25, 0.3) is 0 Å². The fourth-order valence-corrected chi connectivity index (χ4v) is 1.54. The molecule has 6 heteroatoms. The number of carbonyl (C=O) groups excluding carboxylic acids is 1. The number of nitrogens with one attached hydrogen (secondary N) is 1. The molecule has 0 aliphatic heterocycles. The van der Waals surface area contributed by atoms with E-state index in [0.29, 0.717) is 11.0 Å². The maximum absolute atomic E-state index is 11.3. The SMILES string of the molecule is COC(CNC(=O)CSC(C)C)CC(=O)O. The lowest BCUT2D eigenvalue weighted by Crippen LogP contribution is -2.35. The van der Waals surface area contributed by atoms with Crippen LogP contribution >= 0.6 is 11.8 Å². The Morgan fingerprint density at radius 3 is 2.50 bits per heavy atom. The first kappa shape index (κ1) is 15.2. The molecule has 0 saturated heterocycles. The fraction of sp³-hybridized carbons (Fsp3) is 0.800. The van der Waals surface area contributed by atoms with Crippen molar-refractivity contribution in [3.63, 3.8) is 0 Å². The first-order chi connectivity index (χ1) is 7.45. The van der Waals surface area contributed by atoms with Crippen LogP contribution in [-0.2, 0) is 14.3 Å². The van der Waals surface area contributed by atoms with Gasteiger partial charge < -0.3 is 15.2 Å². The summed E-state index contributed by atoms with van der Waals surface area (Å²) in [4.78, 5) is 21.8. The maximum Gasteiger partial charge on any atom is 0.306 e. The summed E-state index contributed by atoms with van der Waals surface area (Å²) in [5, 5.41) is 11.6. The van der Waals surface area contributed by atoms with Gasteiger partial charge in [-0.3, -0.25) is 9.59 Å². The molecule has 94 valence electrons. The number of carbonyl (C=O) groups is 2. The zero-order valence-corrected chi connectivity index (χ0v) is 10.7. The number of methoxy groups -OCH3 is 1. The lowest BCUT2D eigenvalue weighted by atomic mass is 10.2. The zero-order chi connectivity index (χ0) is 12.6. The Bertz CT molecular complexity index is 233. The largest absolute Gasteiger partial charge is 0.481 e.